The quantitative estimate of drug-likeness (QED) is 0.0757. The maximum atomic E-state index is 11.7. The number of aliphatic hydroxyl groups excluding tert-OH is 9. The molecule has 2 heterocycles. The first kappa shape index (κ1) is 38.3. The van der Waals surface area contributed by atoms with Crippen LogP contribution in [0, 0.1) is 0 Å². The van der Waals surface area contributed by atoms with Crippen LogP contribution in [0.5, 0.6) is 0 Å². The van der Waals surface area contributed by atoms with Gasteiger partial charge in [-0.2, -0.15) is 0 Å². The van der Waals surface area contributed by atoms with Gasteiger partial charge in [0.25, 0.3) is 5.91 Å². The third-order valence-corrected chi connectivity index (χ3v) is 8.84. The van der Waals surface area contributed by atoms with Gasteiger partial charge in [0.2, 0.25) is 5.65 Å². The van der Waals surface area contributed by atoms with Crippen molar-refractivity contribution in [2.24, 2.45) is 0 Å². The molecule has 2 aliphatic heterocycles. The average Bonchev–Trinajstić information content (AvgIpc) is 2.96. The molecule has 12 N–H and O–H groups in total. The van der Waals surface area contributed by atoms with Crippen LogP contribution in [-0.2, 0) is 23.7 Å². The molecule has 2 amide bonds. The lowest BCUT2D eigenvalue weighted by Gasteiger charge is -2.47. The van der Waals surface area contributed by atoms with Crippen LogP contribution in [0.1, 0.15) is 6.92 Å². The van der Waals surface area contributed by atoms with Crippen molar-refractivity contribution >= 4 is 46.1 Å². The van der Waals surface area contributed by atoms with E-state index >= 15 is 0 Å². The van der Waals surface area contributed by atoms with Gasteiger partial charge in [-0.15, -0.1) is 8.93 Å². The number of carbonyl (C=O) groups excluding carboxylic acids is 2. The molecule has 2 saturated heterocycles. The van der Waals surface area contributed by atoms with Gasteiger partial charge in [-0.3, -0.25) is 9.59 Å². The fraction of sp³-hybridized carbons (Fsp3) is 0.900. The van der Waals surface area contributed by atoms with Crippen LogP contribution in [0.2, 0.25) is 0 Å². The minimum atomic E-state index is -2.12. The zero-order valence-electron chi connectivity index (χ0n) is 22.2. The molecule has 0 aliphatic carbocycles. The van der Waals surface area contributed by atoms with Crippen LogP contribution < -0.4 is 10.4 Å². The van der Waals surface area contributed by atoms with E-state index in [1.807, 2.05) is 0 Å². The number of carbonyl (C=O) groups is 2. The zero-order valence-corrected chi connectivity index (χ0v) is 26.5. The van der Waals surface area contributed by atoms with Gasteiger partial charge in [-0.05, 0) is 23.6 Å². The molecule has 10 unspecified atom stereocenters. The average molecular weight is 688 g/mol. The Balaban J connectivity index is 2.00. The second kappa shape index (κ2) is 17.1. The Kier molecular flexibility index (Phi) is 15.6. The first-order valence-electron chi connectivity index (χ1n) is 12.5. The molecule has 2 rings (SSSR count). The van der Waals surface area contributed by atoms with Gasteiger partial charge in [-0.25, -0.2) is 0 Å². The smallest absolute Gasteiger partial charge is 0.254 e. The standard InChI is InChI=1S/C20H40N2O16P4/c1-20(34)7(2-21-19(33)41-39)38-18(14(30)15(20)31)36-4-6-9(25)11(27)13(29)17(37-6)35-3-5(23)8(24)10(26)12(28)16(32)22-42-40/h5-15,17-18,23-31,34,41-42H,2-4,39-40H2,1H3,(H,21,33)(H,22,32)/t5?,6?,7?,8-,9-,10?,11?,12-,13+,14+,15?,17+,18+,20+/m0/s1. The summed E-state index contributed by atoms with van der Waals surface area (Å²) in [4.78, 5) is 23.3. The molecular formula is C20H40N2O16P4. The highest BCUT2D eigenvalue weighted by molar-refractivity contribution is 8.11. The van der Waals surface area contributed by atoms with Crippen LogP contribution in [0.3, 0.4) is 0 Å². The van der Waals surface area contributed by atoms with E-state index in [2.05, 4.69) is 28.3 Å². The van der Waals surface area contributed by atoms with Crippen molar-refractivity contribution in [3.63, 3.8) is 0 Å². The number of rotatable bonds is 14. The molecule has 18 nitrogen and oxygen atoms in total. The van der Waals surface area contributed by atoms with E-state index < -0.39 is 104 Å². The van der Waals surface area contributed by atoms with Crippen molar-refractivity contribution in [2.75, 3.05) is 19.8 Å². The minimum Gasteiger partial charge on any atom is -0.388 e. The molecule has 0 saturated carbocycles. The van der Waals surface area contributed by atoms with E-state index in [0.717, 1.165) is 0 Å². The van der Waals surface area contributed by atoms with Crippen molar-refractivity contribution in [3.05, 3.63) is 0 Å². The predicted octanol–water partition coefficient (Wildman–Crippen LogP) is -5.85. The molecule has 2 aliphatic rings. The van der Waals surface area contributed by atoms with Gasteiger partial charge < -0.3 is 80.4 Å². The number of amides is 2. The molecule has 0 aromatic rings. The first-order chi connectivity index (χ1) is 19.6. The van der Waals surface area contributed by atoms with Crippen LogP contribution in [0.25, 0.3) is 0 Å². The molecule has 42 heavy (non-hydrogen) atoms. The summed E-state index contributed by atoms with van der Waals surface area (Å²) >= 11 is 0. The van der Waals surface area contributed by atoms with E-state index in [-0.39, 0.29) is 28.9 Å². The third-order valence-electron chi connectivity index (χ3n) is 6.79. The van der Waals surface area contributed by atoms with E-state index in [1.54, 1.807) is 0 Å². The SMILES string of the molecule is C[C@@]1(O)C(CNC(=O)PP)O[C@@H](OCC2O[C@@H](OCC(O)[C@H](O)C(O)[C@H](O)C(=O)NPP)[C@H](O)C(O)[C@H]2O)[C@H](O)C1O. The van der Waals surface area contributed by atoms with Crippen LogP contribution in [0.4, 0.5) is 4.79 Å². The summed E-state index contributed by atoms with van der Waals surface area (Å²) in [5.74, 6) is -1.01. The highest BCUT2D eigenvalue weighted by atomic mass is 32.0. The van der Waals surface area contributed by atoms with E-state index in [1.165, 1.54) is 6.92 Å². The van der Waals surface area contributed by atoms with Crippen LogP contribution in [0.15, 0.2) is 0 Å². The van der Waals surface area contributed by atoms with Gasteiger partial charge in [0, 0.05) is 6.54 Å². The van der Waals surface area contributed by atoms with Crippen molar-refractivity contribution in [1.82, 2.24) is 10.4 Å². The lowest BCUT2D eigenvalue weighted by molar-refractivity contribution is -0.342. The van der Waals surface area contributed by atoms with Gasteiger partial charge >= 0.3 is 0 Å². The van der Waals surface area contributed by atoms with Gasteiger partial charge in [-0.1, -0.05) is 8.93 Å². The van der Waals surface area contributed by atoms with Crippen molar-refractivity contribution in [1.29, 1.82) is 0 Å². The molecule has 0 aromatic carbocycles. The predicted molar refractivity (Wildman–Crippen MR) is 152 cm³/mol. The summed E-state index contributed by atoms with van der Waals surface area (Å²) in [6, 6.07) is 0. The Hall–Kier alpha value is 0.1000. The number of hydrogen-bond donors (Lipinski definition) is 12. The van der Waals surface area contributed by atoms with E-state index in [4.69, 9.17) is 18.9 Å². The molecule has 0 radical (unpaired) electrons. The third kappa shape index (κ3) is 9.56. The summed E-state index contributed by atoms with van der Waals surface area (Å²) in [5.41, 5.74) is -2.37. The van der Waals surface area contributed by atoms with Crippen LogP contribution >= 0.6 is 34.5 Å². The Morgan fingerprint density at radius 2 is 1.55 bits per heavy atom. The molecule has 0 spiro atoms. The Bertz CT molecular complexity index is 882. The van der Waals surface area contributed by atoms with Crippen molar-refractivity contribution in [2.45, 2.75) is 92.2 Å². The molecule has 18 atom stereocenters. The maximum Gasteiger partial charge on any atom is 0.254 e. The van der Waals surface area contributed by atoms with Crippen molar-refractivity contribution in [3.8, 4) is 0 Å². The monoisotopic (exact) mass is 688 g/mol. The number of ether oxygens (including phenoxy) is 4. The normalized spacial score (nSPS) is 38.8. The van der Waals surface area contributed by atoms with Crippen LogP contribution in [-0.4, -0.2) is 168 Å². The van der Waals surface area contributed by atoms with Gasteiger partial charge in [0.1, 0.15) is 66.6 Å². The molecule has 22 heteroatoms. The fourth-order valence-electron chi connectivity index (χ4n) is 4.08. The fourth-order valence-corrected chi connectivity index (χ4v) is 5.31. The molecule has 0 aromatic heterocycles. The second-order valence-corrected chi connectivity index (χ2v) is 12.8. The largest absolute Gasteiger partial charge is 0.388 e. The maximum absolute atomic E-state index is 11.7. The Morgan fingerprint density at radius 1 is 0.929 bits per heavy atom. The molecule has 0 bridgehead atoms. The topological polar surface area (TPSA) is 297 Å². The summed E-state index contributed by atoms with van der Waals surface area (Å²) in [6.07, 6.45) is -23.3. The second-order valence-electron chi connectivity index (χ2n) is 9.82. The van der Waals surface area contributed by atoms with Gasteiger partial charge in [0.15, 0.2) is 18.7 Å². The summed E-state index contributed by atoms with van der Waals surface area (Å²) in [5, 5.41) is 107. The number of nitrogens with one attached hydrogen (secondary N) is 2. The lowest BCUT2D eigenvalue weighted by atomic mass is 9.85. The number of aliphatic hydroxyl groups is 10. The highest BCUT2D eigenvalue weighted by Crippen LogP contribution is 2.32. The van der Waals surface area contributed by atoms with Gasteiger partial charge in [0.05, 0.1) is 13.2 Å². The lowest BCUT2D eigenvalue weighted by Crippen LogP contribution is -2.67. The number of hydrogen-bond acceptors (Lipinski definition) is 16. The highest BCUT2D eigenvalue weighted by Gasteiger charge is 2.53. The Morgan fingerprint density at radius 3 is 2.14 bits per heavy atom. The van der Waals surface area contributed by atoms with Crippen molar-refractivity contribution < 1.29 is 79.6 Å². The summed E-state index contributed by atoms with van der Waals surface area (Å²) < 4.78 is 21.6. The summed E-state index contributed by atoms with van der Waals surface area (Å²) in [7, 11) is 4.04. The molecule has 246 valence electrons. The first-order valence-corrected chi connectivity index (χ1v) is 18.1. The molecular weight excluding hydrogens is 648 g/mol. The minimum absolute atomic E-state index is 0.181. The summed E-state index contributed by atoms with van der Waals surface area (Å²) in [6.45, 7) is -0.529. The molecule has 2 fully saturated rings. The van der Waals surface area contributed by atoms with E-state index in [9.17, 15) is 60.7 Å². The zero-order chi connectivity index (χ0) is 31.9. The van der Waals surface area contributed by atoms with E-state index in [0.29, 0.717) is 0 Å². The Labute approximate surface area is 248 Å².